The first-order valence-corrected chi connectivity index (χ1v) is 7.78. The summed E-state index contributed by atoms with van der Waals surface area (Å²) in [4.78, 5) is 0. The van der Waals surface area contributed by atoms with E-state index in [0.29, 0.717) is 0 Å². The molecule has 0 fully saturated rings. The van der Waals surface area contributed by atoms with E-state index in [1.54, 1.807) is 6.92 Å². The Morgan fingerprint density at radius 1 is 1.18 bits per heavy atom. The van der Waals surface area contributed by atoms with Gasteiger partial charge in [-0.1, -0.05) is 37.3 Å². The summed E-state index contributed by atoms with van der Waals surface area (Å²) in [5, 5.41) is 3.31. The molecule has 0 aliphatic carbocycles. The molecule has 0 aromatic heterocycles. The lowest BCUT2D eigenvalue weighted by molar-refractivity contribution is 0.500. The van der Waals surface area contributed by atoms with Crippen LogP contribution in [0.5, 0.6) is 0 Å². The minimum absolute atomic E-state index is 0.0323. The van der Waals surface area contributed by atoms with Gasteiger partial charge in [-0.15, -0.1) is 0 Å². The van der Waals surface area contributed by atoms with Crippen LogP contribution in [0.1, 0.15) is 32.4 Å². The van der Waals surface area contributed by atoms with Crippen LogP contribution in [-0.4, -0.2) is 26.0 Å². The number of hydrogen-bond donors (Lipinski definition) is 1. The number of nitrogens with one attached hydrogen (secondary N) is 1. The Morgan fingerprint density at radius 2 is 1.76 bits per heavy atom. The summed E-state index contributed by atoms with van der Waals surface area (Å²) in [5.41, 5.74) is 1.17. The summed E-state index contributed by atoms with van der Waals surface area (Å²) in [5.74, 6) is 0.402. The smallest absolute Gasteiger partial charge is 0.151 e. The Hall–Kier alpha value is -0.870. The predicted octanol–water partition coefficient (Wildman–Crippen LogP) is 2.16. The molecule has 0 radical (unpaired) electrons. The third-order valence-corrected chi connectivity index (χ3v) is 4.67. The summed E-state index contributed by atoms with van der Waals surface area (Å²) in [6.45, 7) is 5.64. The summed E-state index contributed by atoms with van der Waals surface area (Å²) >= 11 is 0. The van der Waals surface area contributed by atoms with E-state index in [-0.39, 0.29) is 23.6 Å². The average molecular weight is 255 g/mol. The van der Waals surface area contributed by atoms with Crippen LogP contribution in [0.3, 0.4) is 0 Å². The lowest BCUT2D eigenvalue weighted by Crippen LogP contribution is -2.35. The molecule has 1 unspecified atom stereocenters. The van der Waals surface area contributed by atoms with Crippen LogP contribution in [0.4, 0.5) is 0 Å². The number of sulfone groups is 1. The lowest BCUT2D eigenvalue weighted by atomic mass is 10.1. The van der Waals surface area contributed by atoms with E-state index in [2.05, 4.69) is 5.32 Å². The van der Waals surface area contributed by atoms with E-state index < -0.39 is 9.84 Å². The van der Waals surface area contributed by atoms with E-state index in [1.807, 2.05) is 44.2 Å². The van der Waals surface area contributed by atoms with Crippen molar-refractivity contribution in [3.63, 3.8) is 0 Å². The highest BCUT2D eigenvalue weighted by atomic mass is 32.2. The first-order valence-electron chi connectivity index (χ1n) is 5.96. The summed E-state index contributed by atoms with van der Waals surface area (Å²) in [6, 6.07) is 10.2. The molecule has 0 amide bonds. The maximum absolute atomic E-state index is 11.5. The number of hydrogen-bond acceptors (Lipinski definition) is 3. The molecule has 1 N–H and O–H groups in total. The molecule has 0 saturated carbocycles. The zero-order valence-corrected chi connectivity index (χ0v) is 11.5. The number of benzene rings is 1. The Kier molecular flexibility index (Phi) is 5.15. The van der Waals surface area contributed by atoms with Gasteiger partial charge in [0.15, 0.2) is 9.84 Å². The quantitative estimate of drug-likeness (QED) is 0.847. The zero-order valence-electron chi connectivity index (χ0n) is 10.7. The number of rotatable bonds is 6. The van der Waals surface area contributed by atoms with E-state index in [9.17, 15) is 8.42 Å². The molecule has 0 spiro atoms. The molecule has 2 atom stereocenters. The second-order valence-corrected chi connectivity index (χ2v) is 6.80. The van der Waals surface area contributed by atoms with Crippen LogP contribution in [-0.2, 0) is 9.84 Å². The summed E-state index contributed by atoms with van der Waals surface area (Å²) in [7, 11) is -2.91. The van der Waals surface area contributed by atoms with Gasteiger partial charge in [-0.3, -0.25) is 0 Å². The van der Waals surface area contributed by atoms with Gasteiger partial charge < -0.3 is 5.32 Å². The third kappa shape index (κ3) is 4.88. The van der Waals surface area contributed by atoms with Gasteiger partial charge in [0, 0.05) is 17.8 Å². The van der Waals surface area contributed by atoms with E-state index in [1.165, 1.54) is 5.56 Å². The molecule has 0 bridgehead atoms. The second kappa shape index (κ2) is 6.17. The molecule has 1 aromatic carbocycles. The molecular weight excluding hydrogens is 234 g/mol. The Balaban J connectivity index is 2.55. The van der Waals surface area contributed by atoms with E-state index >= 15 is 0 Å². The summed E-state index contributed by atoms with van der Waals surface area (Å²) in [6.07, 6.45) is 0. The van der Waals surface area contributed by atoms with Crippen LogP contribution >= 0.6 is 0 Å². The molecular formula is C13H21NO2S. The van der Waals surface area contributed by atoms with Crippen molar-refractivity contribution in [2.45, 2.75) is 32.9 Å². The van der Waals surface area contributed by atoms with Crippen molar-refractivity contribution in [3.8, 4) is 0 Å². The average Bonchev–Trinajstić information content (AvgIpc) is 2.29. The molecule has 96 valence electrons. The fraction of sp³-hybridized carbons (Fsp3) is 0.538. The largest absolute Gasteiger partial charge is 0.307 e. The normalized spacial score (nSPS) is 15.5. The molecule has 0 aliphatic rings. The van der Waals surface area contributed by atoms with Gasteiger partial charge in [-0.2, -0.15) is 0 Å². The van der Waals surface area contributed by atoms with Gasteiger partial charge in [-0.25, -0.2) is 8.42 Å². The van der Waals surface area contributed by atoms with Crippen LogP contribution < -0.4 is 5.32 Å². The first-order chi connectivity index (χ1) is 7.94. The molecule has 0 aliphatic heterocycles. The Bertz CT molecular complexity index is 428. The fourth-order valence-electron chi connectivity index (χ4n) is 1.81. The molecule has 0 saturated heterocycles. The van der Waals surface area contributed by atoms with Gasteiger partial charge >= 0.3 is 0 Å². The van der Waals surface area contributed by atoms with Gasteiger partial charge in [0.25, 0.3) is 0 Å². The SMILES string of the molecule is CCS(=O)(=O)CC(C)N[C@@H](C)c1ccccc1. The Labute approximate surface area is 104 Å². The van der Waals surface area contributed by atoms with Crippen molar-refractivity contribution < 1.29 is 8.42 Å². The van der Waals surface area contributed by atoms with Crippen molar-refractivity contribution in [3.05, 3.63) is 35.9 Å². The minimum atomic E-state index is -2.91. The van der Waals surface area contributed by atoms with Crippen LogP contribution in [0, 0.1) is 0 Å². The van der Waals surface area contributed by atoms with Crippen molar-refractivity contribution in [2.75, 3.05) is 11.5 Å². The molecule has 4 heteroatoms. The molecule has 1 rings (SSSR count). The molecule has 0 heterocycles. The van der Waals surface area contributed by atoms with Crippen molar-refractivity contribution in [2.24, 2.45) is 0 Å². The maximum Gasteiger partial charge on any atom is 0.151 e. The van der Waals surface area contributed by atoms with Gasteiger partial charge in [0.1, 0.15) is 0 Å². The topological polar surface area (TPSA) is 46.2 Å². The minimum Gasteiger partial charge on any atom is -0.307 e. The Morgan fingerprint density at radius 3 is 2.29 bits per heavy atom. The standard InChI is InChI=1S/C13H21NO2S/c1-4-17(15,16)10-11(2)14-12(3)13-8-6-5-7-9-13/h5-9,11-12,14H,4,10H2,1-3H3/t11?,12-/m0/s1. The fourth-order valence-corrected chi connectivity index (χ4v) is 2.91. The van der Waals surface area contributed by atoms with E-state index in [0.717, 1.165) is 0 Å². The van der Waals surface area contributed by atoms with Gasteiger partial charge in [0.05, 0.1) is 5.75 Å². The van der Waals surface area contributed by atoms with Crippen LogP contribution in [0.2, 0.25) is 0 Å². The molecule has 17 heavy (non-hydrogen) atoms. The zero-order chi connectivity index (χ0) is 12.9. The predicted molar refractivity (Wildman–Crippen MR) is 71.8 cm³/mol. The van der Waals surface area contributed by atoms with E-state index in [4.69, 9.17) is 0 Å². The maximum atomic E-state index is 11.5. The van der Waals surface area contributed by atoms with Gasteiger partial charge in [-0.05, 0) is 19.4 Å². The molecule has 1 aromatic rings. The summed E-state index contributed by atoms with van der Waals surface area (Å²) < 4.78 is 23.0. The lowest BCUT2D eigenvalue weighted by Gasteiger charge is -2.20. The highest BCUT2D eigenvalue weighted by Crippen LogP contribution is 2.12. The van der Waals surface area contributed by atoms with Crippen molar-refractivity contribution in [1.29, 1.82) is 0 Å². The highest BCUT2D eigenvalue weighted by Gasteiger charge is 2.15. The van der Waals surface area contributed by atoms with Crippen LogP contribution in [0.25, 0.3) is 0 Å². The second-order valence-electron chi connectivity index (χ2n) is 4.40. The highest BCUT2D eigenvalue weighted by molar-refractivity contribution is 7.91. The van der Waals surface area contributed by atoms with Crippen LogP contribution in [0.15, 0.2) is 30.3 Å². The van der Waals surface area contributed by atoms with Crippen molar-refractivity contribution in [1.82, 2.24) is 5.32 Å². The monoisotopic (exact) mass is 255 g/mol. The third-order valence-electron chi connectivity index (χ3n) is 2.78. The van der Waals surface area contributed by atoms with Crippen molar-refractivity contribution >= 4 is 9.84 Å². The first kappa shape index (κ1) is 14.2. The molecule has 3 nitrogen and oxygen atoms in total. The van der Waals surface area contributed by atoms with Gasteiger partial charge in [0.2, 0.25) is 0 Å².